The number of hydrogen-bond donors (Lipinski definition) is 0. The van der Waals surface area contributed by atoms with Crippen molar-refractivity contribution in [2.75, 3.05) is 0 Å². The summed E-state index contributed by atoms with van der Waals surface area (Å²) in [7, 11) is -4.13. The molecule has 17 heteroatoms. The lowest BCUT2D eigenvalue weighted by molar-refractivity contribution is 0.587. The third kappa shape index (κ3) is 6.96. The number of aryl methyl sites for hydroxylation is 1. The molecule has 0 aliphatic rings. The van der Waals surface area contributed by atoms with Gasteiger partial charge in [-0.15, -0.1) is 22.7 Å². The molecule has 0 N–H and O–H groups in total. The van der Waals surface area contributed by atoms with Gasteiger partial charge in [-0.3, -0.25) is 0 Å². The number of pyridine rings is 2. The first-order valence-corrected chi connectivity index (χ1v) is 20.6. The molecular weight excluding hydrogens is 794 g/mol. The van der Waals surface area contributed by atoms with Crippen LogP contribution in [0, 0.1) is 6.92 Å². The number of halogens is 1. The van der Waals surface area contributed by atoms with Crippen LogP contribution in [0.3, 0.4) is 0 Å². The molecule has 8 rings (SSSR count). The highest BCUT2D eigenvalue weighted by Crippen LogP contribution is 2.32. The van der Waals surface area contributed by atoms with Gasteiger partial charge in [0, 0.05) is 50.8 Å². The fourth-order valence-corrected chi connectivity index (χ4v) is 9.58. The van der Waals surface area contributed by atoms with Crippen molar-refractivity contribution in [1.82, 2.24) is 27.9 Å². The van der Waals surface area contributed by atoms with Gasteiger partial charge in [0.2, 0.25) is 0 Å². The summed E-state index contributed by atoms with van der Waals surface area (Å²) in [6.07, 6.45) is 6.55. The lowest BCUT2D eigenvalue weighted by atomic mass is 10.2. The van der Waals surface area contributed by atoms with Crippen LogP contribution in [0.4, 0.5) is 0 Å². The van der Waals surface area contributed by atoms with E-state index >= 15 is 0 Å². The summed E-state index contributed by atoms with van der Waals surface area (Å²) >= 11 is 6.34. The van der Waals surface area contributed by atoms with Gasteiger partial charge in [-0.05, 0) is 78.3 Å². The van der Waals surface area contributed by atoms with Crippen molar-refractivity contribution < 1.29 is 16.8 Å². The summed E-state index contributed by atoms with van der Waals surface area (Å²) in [5, 5.41) is 6.78. The molecule has 1 unspecified atom stereocenters. The number of aromatic nitrogens is 6. The van der Waals surface area contributed by atoms with Crippen LogP contribution in [-0.4, -0.2) is 53.6 Å². The maximum absolute atomic E-state index is 13.0. The van der Waals surface area contributed by atoms with E-state index in [2.05, 4.69) is 45.0 Å². The minimum Gasteiger partial charge on any atom is -0.243 e. The van der Waals surface area contributed by atoms with Crippen molar-refractivity contribution in [2.24, 2.45) is 0 Å². The van der Waals surface area contributed by atoms with E-state index in [0.717, 1.165) is 26.4 Å². The Balaban J connectivity index is 0.000000163. The van der Waals surface area contributed by atoms with Gasteiger partial charge < -0.3 is 0 Å². The molecule has 1 radical (unpaired) electrons. The van der Waals surface area contributed by atoms with E-state index in [9.17, 15) is 16.8 Å². The molecule has 10 nitrogen and oxygen atoms in total. The lowest BCUT2D eigenvalue weighted by Gasteiger charge is -2.07. The van der Waals surface area contributed by atoms with E-state index < -0.39 is 20.0 Å². The molecule has 1 atom stereocenters. The smallest absolute Gasteiger partial charge is 0.243 e. The Hall–Kier alpha value is -4.05. The molecule has 0 aliphatic heterocycles. The molecule has 0 fully saturated rings. The van der Waals surface area contributed by atoms with E-state index in [4.69, 9.17) is 1.34 Å². The number of thiazole rings is 2. The average Bonchev–Trinajstić information content (AvgIpc) is 3.98. The second-order valence-electron chi connectivity index (χ2n) is 10.3. The van der Waals surface area contributed by atoms with Crippen molar-refractivity contribution in [3.8, 4) is 21.4 Å². The molecule has 0 saturated carbocycles. The Morgan fingerprint density at radius 3 is 1.60 bits per heavy atom. The van der Waals surface area contributed by atoms with Crippen molar-refractivity contribution in [1.29, 1.82) is 1.34 Å². The summed E-state index contributed by atoms with van der Waals surface area (Å²) < 4.78 is 61.0. The first-order valence-electron chi connectivity index (χ1n) is 15.1. The predicted octanol–water partition coefficient (Wildman–Crippen LogP) is 7.54. The Bertz CT molecular complexity index is 2460. The highest BCUT2D eigenvalue weighted by atomic mass is 79.9. The average molecular weight is 822 g/mol. The Labute approximate surface area is 310 Å². The van der Waals surface area contributed by atoms with E-state index in [-0.39, 0.29) is 9.79 Å². The van der Waals surface area contributed by atoms with Crippen LogP contribution in [0.2, 0.25) is 0 Å². The molecule has 0 bridgehead atoms. The minimum atomic E-state index is -3.72. The monoisotopic (exact) mass is 820 g/mol. The third-order valence-corrected chi connectivity index (χ3v) is 12.8. The SMILES string of the molecule is Cc1cn(S(=O)(=O)c2ccccc2)c2nc(-c3nccs3)ccc12.O=S(=O)(c1ccccc1)n1cc(Br)c2ccc(-c3nccs3)nc21.[2H][B]P. The zero-order chi connectivity index (χ0) is 36.2. The minimum absolute atomic E-state index is 0.218. The summed E-state index contributed by atoms with van der Waals surface area (Å²) in [4.78, 5) is 18.0. The molecule has 0 spiro atoms. The first-order chi connectivity index (χ1) is 24.6. The molecule has 0 amide bonds. The van der Waals surface area contributed by atoms with Crippen LogP contribution < -0.4 is 0 Å². The van der Waals surface area contributed by atoms with Crippen molar-refractivity contribution in [2.45, 2.75) is 16.7 Å². The Morgan fingerprint density at radius 2 is 1.14 bits per heavy atom. The van der Waals surface area contributed by atoms with E-state index in [1.165, 1.54) is 44.3 Å². The van der Waals surface area contributed by atoms with Crippen LogP contribution in [0.15, 0.2) is 135 Å². The van der Waals surface area contributed by atoms with Crippen LogP contribution in [0.25, 0.3) is 43.5 Å². The molecule has 8 aromatic rings. The number of hydrogen-bond acceptors (Lipinski definition) is 10. The van der Waals surface area contributed by atoms with Crippen LogP contribution in [-0.2, 0) is 20.0 Å². The van der Waals surface area contributed by atoms with Crippen molar-refractivity contribution in [3.63, 3.8) is 0 Å². The van der Waals surface area contributed by atoms with E-state index in [1.807, 2.05) is 41.9 Å². The van der Waals surface area contributed by atoms with Crippen molar-refractivity contribution >= 4 is 97.4 Å². The van der Waals surface area contributed by atoms with E-state index in [1.54, 1.807) is 79.3 Å². The molecule has 2 aromatic carbocycles. The molecule has 251 valence electrons. The topological polar surface area (TPSA) is 130 Å². The highest BCUT2D eigenvalue weighted by molar-refractivity contribution is 9.10. The predicted molar refractivity (Wildman–Crippen MR) is 209 cm³/mol. The molecule has 0 aliphatic carbocycles. The fourth-order valence-electron chi connectivity index (χ4n) is 4.98. The molecular formula is C33H26BBrN6O4PS4. The second kappa shape index (κ2) is 15.1. The van der Waals surface area contributed by atoms with Gasteiger partial charge in [0.05, 0.1) is 9.79 Å². The molecule has 50 heavy (non-hydrogen) atoms. The summed E-state index contributed by atoms with van der Waals surface area (Å²) in [6, 6.07) is 24.1. The van der Waals surface area contributed by atoms with Gasteiger partial charge in [-0.25, -0.2) is 44.7 Å². The van der Waals surface area contributed by atoms with Crippen LogP contribution in [0.1, 0.15) is 5.56 Å². The molecule has 6 aromatic heterocycles. The summed E-state index contributed by atoms with van der Waals surface area (Å²) in [5.41, 5.74) is 2.97. The normalized spacial score (nSPS) is 11.7. The van der Waals surface area contributed by atoms with Gasteiger partial charge in [-0.1, -0.05) is 36.4 Å². The number of fused-ring (bicyclic) bond motifs is 2. The van der Waals surface area contributed by atoms with Gasteiger partial charge in [0.25, 0.3) is 20.0 Å². The number of rotatable bonds is 6. The van der Waals surface area contributed by atoms with Gasteiger partial charge in [0.1, 0.15) is 28.9 Å². The second-order valence-corrected chi connectivity index (χ2v) is 16.6. The Morgan fingerprint density at radius 1 is 0.700 bits per heavy atom. The summed E-state index contributed by atoms with van der Waals surface area (Å²) in [5.74, 6) is 0. The van der Waals surface area contributed by atoms with Crippen LogP contribution in [0.5, 0.6) is 0 Å². The van der Waals surface area contributed by atoms with Gasteiger partial charge in [0.15, 0.2) is 11.3 Å². The fraction of sp³-hybridized carbons (Fsp3) is 0.0303. The highest BCUT2D eigenvalue weighted by Gasteiger charge is 2.23. The standard InChI is InChI=1S/C17H13N3O2S2.C16H10BrN3O2S2.BH3P/c1-12-11-20(24(21,22)13-5-3-2-4-6-13)16-14(12)7-8-15(19-16)17-18-9-10-23-17;17-13-10-20(24(21,22)11-4-2-1-3-5-11)15-12(13)6-7-14(19-15)16-18-8-9-23-16;1-2/h2-11H,1H3;1-10H;1H,2H2/i;;1D. The zero-order valence-corrected chi connectivity index (χ0v) is 32.0. The molecule has 0 saturated heterocycles. The van der Waals surface area contributed by atoms with Gasteiger partial charge >= 0.3 is 0 Å². The first kappa shape index (κ1) is 34.4. The van der Waals surface area contributed by atoms with Crippen LogP contribution >= 0.6 is 47.7 Å². The Kier molecular flexibility index (Phi) is 10.4. The lowest BCUT2D eigenvalue weighted by Crippen LogP contribution is -2.12. The number of benzene rings is 2. The maximum atomic E-state index is 13.0. The quantitative estimate of drug-likeness (QED) is 0.124. The maximum Gasteiger partial charge on any atom is 0.269 e. The summed E-state index contributed by atoms with van der Waals surface area (Å²) in [6.45, 7) is 1.88. The third-order valence-electron chi connectivity index (χ3n) is 7.29. The van der Waals surface area contributed by atoms with E-state index in [0.29, 0.717) is 27.2 Å². The van der Waals surface area contributed by atoms with Gasteiger partial charge in [-0.2, -0.15) is 9.12 Å². The zero-order valence-electron chi connectivity index (χ0n) is 27.0. The number of nitrogens with zero attached hydrogens (tertiary/aromatic N) is 6. The largest absolute Gasteiger partial charge is 0.269 e. The molecule has 6 heterocycles. The van der Waals surface area contributed by atoms with Crippen molar-refractivity contribution in [3.05, 3.63) is 131 Å².